The second-order valence-corrected chi connectivity index (χ2v) is 5.41. The minimum absolute atomic E-state index is 0.917. The van der Waals surface area contributed by atoms with Gasteiger partial charge < -0.3 is 9.30 Å². The highest BCUT2D eigenvalue weighted by Crippen LogP contribution is 2.38. The maximum atomic E-state index is 5.57. The maximum absolute atomic E-state index is 5.57. The van der Waals surface area contributed by atoms with Crippen molar-refractivity contribution in [2.45, 2.75) is 6.92 Å². The summed E-state index contributed by atoms with van der Waals surface area (Å²) in [6, 6.07) is 10.5. The number of rotatable bonds is 1. The number of aromatic nitrogens is 2. The zero-order chi connectivity index (χ0) is 14.6. The van der Waals surface area contributed by atoms with Crippen molar-refractivity contribution in [1.82, 2.24) is 9.55 Å². The van der Waals surface area contributed by atoms with Gasteiger partial charge in [-0.1, -0.05) is 6.07 Å². The summed E-state index contributed by atoms with van der Waals surface area (Å²) < 4.78 is 7.82. The van der Waals surface area contributed by atoms with Crippen LogP contribution in [0, 0.1) is 6.92 Å². The summed E-state index contributed by atoms with van der Waals surface area (Å²) in [6.45, 7) is 2.18. The summed E-state index contributed by atoms with van der Waals surface area (Å²) >= 11 is 0. The van der Waals surface area contributed by atoms with Gasteiger partial charge in [0.1, 0.15) is 5.75 Å². The van der Waals surface area contributed by atoms with Crippen molar-refractivity contribution in [2.75, 3.05) is 7.11 Å². The minimum atomic E-state index is 0.917. The zero-order valence-electron chi connectivity index (χ0n) is 12.3. The molecule has 0 bridgehead atoms. The molecule has 2 heterocycles. The molecule has 3 nitrogen and oxygen atoms in total. The van der Waals surface area contributed by atoms with Crippen LogP contribution in [0.1, 0.15) is 5.56 Å². The van der Waals surface area contributed by atoms with Gasteiger partial charge in [-0.25, -0.2) is 0 Å². The molecule has 0 saturated carbocycles. The quantitative estimate of drug-likeness (QED) is 0.521. The molecule has 0 fully saturated rings. The molecule has 0 aliphatic carbocycles. The average Bonchev–Trinajstić information content (AvgIpc) is 2.81. The number of hydrogen-bond donors (Lipinski definition) is 0. The van der Waals surface area contributed by atoms with E-state index in [2.05, 4.69) is 41.7 Å². The molecule has 21 heavy (non-hydrogen) atoms. The summed E-state index contributed by atoms with van der Waals surface area (Å²) in [6.07, 6.45) is 3.78. The predicted octanol–water partition coefficient (Wildman–Crippen LogP) is 4.20. The zero-order valence-corrected chi connectivity index (χ0v) is 12.3. The van der Waals surface area contributed by atoms with Crippen LogP contribution in [0.15, 0.2) is 42.7 Å². The summed E-state index contributed by atoms with van der Waals surface area (Å²) in [5, 5.41) is 4.82. The first-order valence-electron chi connectivity index (χ1n) is 7.01. The van der Waals surface area contributed by atoms with Crippen molar-refractivity contribution in [1.29, 1.82) is 0 Å². The van der Waals surface area contributed by atoms with E-state index in [1.165, 1.54) is 38.1 Å². The molecule has 0 amide bonds. The molecule has 0 radical (unpaired) electrons. The van der Waals surface area contributed by atoms with Gasteiger partial charge in [0, 0.05) is 35.6 Å². The largest absolute Gasteiger partial charge is 0.496 e. The lowest BCUT2D eigenvalue weighted by atomic mass is 10.0. The summed E-state index contributed by atoms with van der Waals surface area (Å²) in [7, 11) is 3.84. The highest BCUT2D eigenvalue weighted by molar-refractivity contribution is 6.16. The molecule has 2 aromatic heterocycles. The highest BCUT2D eigenvalue weighted by atomic mass is 16.5. The second kappa shape index (κ2) is 4.22. The molecule has 0 spiro atoms. The number of hydrogen-bond acceptors (Lipinski definition) is 2. The number of nitrogens with zero attached hydrogens (tertiary/aromatic N) is 2. The molecule has 104 valence electrons. The van der Waals surface area contributed by atoms with Crippen molar-refractivity contribution >= 4 is 32.6 Å². The summed E-state index contributed by atoms with van der Waals surface area (Å²) in [5.74, 6) is 0.917. The van der Waals surface area contributed by atoms with E-state index in [-0.39, 0.29) is 0 Å². The predicted molar refractivity (Wildman–Crippen MR) is 87.0 cm³/mol. The van der Waals surface area contributed by atoms with Crippen LogP contribution >= 0.6 is 0 Å². The average molecular weight is 276 g/mol. The second-order valence-electron chi connectivity index (χ2n) is 5.41. The van der Waals surface area contributed by atoms with Crippen LogP contribution in [0.4, 0.5) is 0 Å². The Kier molecular flexibility index (Phi) is 2.45. The van der Waals surface area contributed by atoms with E-state index >= 15 is 0 Å². The van der Waals surface area contributed by atoms with E-state index in [4.69, 9.17) is 4.74 Å². The topological polar surface area (TPSA) is 27.1 Å². The molecule has 4 aromatic rings. The monoisotopic (exact) mass is 276 g/mol. The molecule has 3 heteroatoms. The van der Waals surface area contributed by atoms with Crippen LogP contribution in [-0.4, -0.2) is 16.7 Å². The highest BCUT2D eigenvalue weighted by Gasteiger charge is 2.15. The molecule has 0 aliphatic rings. The van der Waals surface area contributed by atoms with Crippen molar-refractivity contribution in [3.05, 3.63) is 48.3 Å². The fourth-order valence-corrected chi connectivity index (χ4v) is 3.40. The lowest BCUT2D eigenvalue weighted by Gasteiger charge is -2.06. The van der Waals surface area contributed by atoms with E-state index < -0.39 is 0 Å². The first-order chi connectivity index (χ1) is 10.2. The molecule has 0 atom stereocenters. The Balaban J connectivity index is 2.35. The Labute approximate surface area is 122 Å². The van der Waals surface area contributed by atoms with Gasteiger partial charge in [0.2, 0.25) is 0 Å². The maximum Gasteiger partial charge on any atom is 0.128 e. The van der Waals surface area contributed by atoms with Gasteiger partial charge >= 0.3 is 0 Å². The standard InChI is InChI=1S/C18H16N2O/c1-11-13-7-8-19-10-12(13)9-14-17-15(20(2)18(11)14)5-4-6-16(17)21-3/h4-10H,1-3H3. The third-order valence-electron chi connectivity index (χ3n) is 4.36. The summed E-state index contributed by atoms with van der Waals surface area (Å²) in [5.41, 5.74) is 3.73. The molecular formula is C18H16N2O. The van der Waals surface area contributed by atoms with Gasteiger partial charge in [0.05, 0.1) is 18.1 Å². The van der Waals surface area contributed by atoms with Crippen molar-refractivity contribution < 1.29 is 4.74 Å². The smallest absolute Gasteiger partial charge is 0.128 e. The third kappa shape index (κ3) is 1.51. The van der Waals surface area contributed by atoms with Crippen LogP contribution in [0.25, 0.3) is 32.6 Å². The van der Waals surface area contributed by atoms with Crippen LogP contribution in [0.3, 0.4) is 0 Å². The van der Waals surface area contributed by atoms with E-state index in [0.29, 0.717) is 0 Å². The Morgan fingerprint density at radius 1 is 1.14 bits per heavy atom. The van der Waals surface area contributed by atoms with Gasteiger partial charge in [0.25, 0.3) is 0 Å². The Bertz CT molecular complexity index is 999. The molecule has 0 unspecified atom stereocenters. The molecule has 0 saturated heterocycles. The normalized spacial score (nSPS) is 11.6. The summed E-state index contributed by atoms with van der Waals surface area (Å²) in [4.78, 5) is 4.25. The van der Waals surface area contributed by atoms with Crippen molar-refractivity contribution in [2.24, 2.45) is 7.05 Å². The van der Waals surface area contributed by atoms with Crippen LogP contribution in [-0.2, 0) is 7.05 Å². The number of fused-ring (bicyclic) bond motifs is 4. The number of ether oxygens (including phenoxy) is 1. The Hall–Kier alpha value is -2.55. The van der Waals surface area contributed by atoms with E-state index in [9.17, 15) is 0 Å². The lowest BCUT2D eigenvalue weighted by Crippen LogP contribution is -1.90. The molecule has 0 N–H and O–H groups in total. The number of aryl methyl sites for hydroxylation is 2. The fraction of sp³-hybridized carbons (Fsp3) is 0.167. The van der Waals surface area contributed by atoms with Gasteiger partial charge in [-0.2, -0.15) is 0 Å². The number of methoxy groups -OCH3 is 1. The molecule has 4 rings (SSSR count). The lowest BCUT2D eigenvalue weighted by molar-refractivity contribution is 0.420. The first kappa shape index (κ1) is 12.2. The van der Waals surface area contributed by atoms with E-state index in [1.54, 1.807) is 7.11 Å². The number of benzene rings is 2. The Morgan fingerprint density at radius 3 is 2.81 bits per heavy atom. The molecule has 0 aliphatic heterocycles. The van der Waals surface area contributed by atoms with Gasteiger partial charge in [-0.15, -0.1) is 0 Å². The fourth-order valence-electron chi connectivity index (χ4n) is 3.40. The van der Waals surface area contributed by atoms with Crippen LogP contribution < -0.4 is 4.74 Å². The van der Waals surface area contributed by atoms with E-state index in [1.807, 2.05) is 24.5 Å². The van der Waals surface area contributed by atoms with Crippen molar-refractivity contribution in [3.63, 3.8) is 0 Å². The Morgan fingerprint density at radius 2 is 2.00 bits per heavy atom. The third-order valence-corrected chi connectivity index (χ3v) is 4.36. The molecule has 2 aromatic carbocycles. The molecular weight excluding hydrogens is 260 g/mol. The van der Waals surface area contributed by atoms with Crippen LogP contribution in [0.2, 0.25) is 0 Å². The van der Waals surface area contributed by atoms with Crippen molar-refractivity contribution in [3.8, 4) is 5.75 Å². The first-order valence-corrected chi connectivity index (χ1v) is 7.01. The van der Waals surface area contributed by atoms with Gasteiger partial charge in [-0.05, 0) is 42.1 Å². The van der Waals surface area contributed by atoms with E-state index in [0.717, 1.165) is 5.75 Å². The van der Waals surface area contributed by atoms with Crippen LogP contribution in [0.5, 0.6) is 5.75 Å². The SMILES string of the molecule is COc1cccc2c1c1cc3cnccc3c(C)c1n2C. The minimum Gasteiger partial charge on any atom is -0.496 e. The van der Waals surface area contributed by atoms with Gasteiger partial charge in [0.15, 0.2) is 0 Å². The number of pyridine rings is 1. The van der Waals surface area contributed by atoms with Gasteiger partial charge in [-0.3, -0.25) is 4.98 Å².